The zero-order chi connectivity index (χ0) is 16.3. The molecule has 2 rings (SSSR count). The van der Waals surface area contributed by atoms with Crippen LogP contribution in [0.15, 0.2) is 30.3 Å². The molecular formula is C14H8Cl5NO2. The van der Waals surface area contributed by atoms with Crippen molar-refractivity contribution >= 4 is 69.6 Å². The lowest BCUT2D eigenvalue weighted by molar-refractivity contribution is -0.118. The van der Waals surface area contributed by atoms with Crippen LogP contribution in [0.25, 0.3) is 0 Å². The van der Waals surface area contributed by atoms with Crippen molar-refractivity contribution in [2.45, 2.75) is 0 Å². The Morgan fingerprint density at radius 3 is 2.05 bits per heavy atom. The summed E-state index contributed by atoms with van der Waals surface area (Å²) in [7, 11) is 0. The van der Waals surface area contributed by atoms with E-state index in [0.29, 0.717) is 20.8 Å². The lowest BCUT2D eigenvalue weighted by atomic mass is 10.3. The predicted molar refractivity (Wildman–Crippen MR) is 92.1 cm³/mol. The molecule has 8 heteroatoms. The Morgan fingerprint density at radius 2 is 1.50 bits per heavy atom. The molecule has 0 bridgehead atoms. The normalized spacial score (nSPS) is 10.4. The van der Waals surface area contributed by atoms with Gasteiger partial charge in [-0.25, -0.2) is 0 Å². The summed E-state index contributed by atoms with van der Waals surface area (Å²) in [6, 6.07) is 7.82. The topological polar surface area (TPSA) is 38.3 Å². The lowest BCUT2D eigenvalue weighted by Gasteiger charge is -2.12. The molecule has 0 aliphatic rings. The Morgan fingerprint density at radius 1 is 0.955 bits per heavy atom. The van der Waals surface area contributed by atoms with Gasteiger partial charge >= 0.3 is 0 Å². The van der Waals surface area contributed by atoms with Crippen molar-refractivity contribution in [3.8, 4) is 5.75 Å². The van der Waals surface area contributed by atoms with Crippen molar-refractivity contribution in [2.75, 3.05) is 11.9 Å². The van der Waals surface area contributed by atoms with Crippen molar-refractivity contribution in [2.24, 2.45) is 0 Å². The molecule has 1 amide bonds. The lowest BCUT2D eigenvalue weighted by Crippen LogP contribution is -2.20. The molecule has 116 valence electrons. The summed E-state index contributed by atoms with van der Waals surface area (Å²) in [5, 5.41) is 3.99. The van der Waals surface area contributed by atoms with Crippen LogP contribution in [-0.2, 0) is 4.79 Å². The molecule has 0 spiro atoms. The Balaban J connectivity index is 2.05. The van der Waals surface area contributed by atoms with E-state index >= 15 is 0 Å². The molecule has 3 nitrogen and oxygen atoms in total. The van der Waals surface area contributed by atoms with Gasteiger partial charge in [-0.15, -0.1) is 0 Å². The van der Waals surface area contributed by atoms with Crippen LogP contribution < -0.4 is 10.1 Å². The highest BCUT2D eigenvalue weighted by Gasteiger charge is 2.13. The second-order valence-corrected chi connectivity index (χ2v) is 6.20. The fourth-order valence-corrected chi connectivity index (χ4v) is 3.02. The number of ether oxygens (including phenoxy) is 1. The number of amides is 1. The summed E-state index contributed by atoms with van der Waals surface area (Å²) < 4.78 is 5.32. The van der Waals surface area contributed by atoms with Crippen molar-refractivity contribution in [1.82, 2.24) is 0 Å². The second-order valence-electron chi connectivity index (χ2n) is 4.13. The van der Waals surface area contributed by atoms with Gasteiger partial charge in [0.25, 0.3) is 5.91 Å². The third kappa shape index (κ3) is 4.34. The fourth-order valence-electron chi connectivity index (χ4n) is 1.60. The minimum atomic E-state index is -0.461. The van der Waals surface area contributed by atoms with Gasteiger partial charge in [-0.05, 0) is 24.3 Å². The van der Waals surface area contributed by atoms with E-state index in [4.69, 9.17) is 62.7 Å². The summed E-state index contributed by atoms with van der Waals surface area (Å²) in [5.74, 6) is -0.287. The van der Waals surface area contributed by atoms with Gasteiger partial charge in [0, 0.05) is 5.02 Å². The molecule has 0 aliphatic carbocycles. The first-order chi connectivity index (χ1) is 10.4. The summed E-state index contributed by atoms with van der Waals surface area (Å²) >= 11 is 29.6. The summed E-state index contributed by atoms with van der Waals surface area (Å²) in [5.41, 5.74) is 0.313. The number of carbonyl (C=O) groups excluding carboxylic acids is 1. The second kappa shape index (κ2) is 7.62. The van der Waals surface area contributed by atoms with E-state index in [1.54, 1.807) is 18.2 Å². The van der Waals surface area contributed by atoms with Crippen LogP contribution in [-0.4, -0.2) is 12.5 Å². The van der Waals surface area contributed by atoms with E-state index in [-0.39, 0.29) is 22.4 Å². The van der Waals surface area contributed by atoms with E-state index < -0.39 is 5.91 Å². The van der Waals surface area contributed by atoms with Crippen molar-refractivity contribution in [1.29, 1.82) is 0 Å². The summed E-state index contributed by atoms with van der Waals surface area (Å²) in [6.07, 6.45) is 0. The molecule has 0 saturated heterocycles. The van der Waals surface area contributed by atoms with Crippen LogP contribution in [0.1, 0.15) is 0 Å². The van der Waals surface area contributed by atoms with E-state index in [9.17, 15) is 4.79 Å². The Kier molecular flexibility index (Phi) is 6.07. The fraction of sp³-hybridized carbons (Fsp3) is 0.0714. The minimum Gasteiger partial charge on any atom is -0.481 e. The molecule has 1 N–H and O–H groups in total. The summed E-state index contributed by atoms with van der Waals surface area (Å²) in [6.45, 7) is -0.317. The highest BCUT2D eigenvalue weighted by Crippen LogP contribution is 2.36. The van der Waals surface area contributed by atoms with Gasteiger partial charge in [-0.3, -0.25) is 4.79 Å². The maximum absolute atomic E-state index is 11.9. The van der Waals surface area contributed by atoms with Gasteiger partial charge in [-0.1, -0.05) is 64.1 Å². The molecule has 0 heterocycles. The Bertz CT molecular complexity index is 677. The van der Waals surface area contributed by atoms with E-state index in [0.717, 1.165) is 0 Å². The van der Waals surface area contributed by atoms with E-state index in [2.05, 4.69) is 5.32 Å². The van der Waals surface area contributed by atoms with Gasteiger partial charge in [-0.2, -0.15) is 0 Å². The van der Waals surface area contributed by atoms with Crippen LogP contribution in [0.4, 0.5) is 5.69 Å². The predicted octanol–water partition coefficient (Wildman–Crippen LogP) is 5.97. The smallest absolute Gasteiger partial charge is 0.262 e. The highest BCUT2D eigenvalue weighted by atomic mass is 35.5. The first kappa shape index (κ1) is 17.5. The largest absolute Gasteiger partial charge is 0.481 e. The molecule has 0 atom stereocenters. The van der Waals surface area contributed by atoms with Crippen LogP contribution in [0, 0.1) is 0 Å². The van der Waals surface area contributed by atoms with E-state index in [1.165, 1.54) is 12.1 Å². The molecule has 0 saturated carbocycles. The van der Waals surface area contributed by atoms with Crippen molar-refractivity contribution < 1.29 is 9.53 Å². The zero-order valence-electron chi connectivity index (χ0n) is 10.8. The van der Waals surface area contributed by atoms with Crippen LogP contribution in [0.3, 0.4) is 0 Å². The number of rotatable bonds is 4. The molecule has 2 aromatic rings. The molecule has 0 fully saturated rings. The van der Waals surface area contributed by atoms with E-state index in [1.807, 2.05) is 0 Å². The Hall–Kier alpha value is -0.840. The first-order valence-corrected chi connectivity index (χ1v) is 7.78. The zero-order valence-corrected chi connectivity index (χ0v) is 14.6. The van der Waals surface area contributed by atoms with Crippen molar-refractivity contribution in [3.05, 3.63) is 55.4 Å². The molecule has 0 aliphatic heterocycles. The number of hydrogen-bond donors (Lipinski definition) is 1. The number of para-hydroxylation sites is 1. The molecule has 0 radical (unpaired) electrons. The average Bonchev–Trinajstić information content (AvgIpc) is 2.42. The molecular weight excluding hydrogens is 391 g/mol. The molecule has 22 heavy (non-hydrogen) atoms. The monoisotopic (exact) mass is 397 g/mol. The molecule has 0 aromatic heterocycles. The number of hydrogen-bond acceptors (Lipinski definition) is 2. The van der Waals surface area contributed by atoms with Crippen LogP contribution in [0.5, 0.6) is 5.75 Å². The quantitative estimate of drug-likeness (QED) is 0.688. The molecule has 0 unspecified atom stereocenters. The van der Waals surface area contributed by atoms with Gasteiger partial charge < -0.3 is 10.1 Å². The number of anilines is 1. The Labute approximate surface area is 152 Å². The van der Waals surface area contributed by atoms with Gasteiger partial charge in [0.15, 0.2) is 12.4 Å². The van der Waals surface area contributed by atoms with Crippen LogP contribution in [0.2, 0.25) is 25.1 Å². The third-order valence-corrected chi connectivity index (χ3v) is 3.95. The maximum atomic E-state index is 11.9. The molecule has 2 aromatic carbocycles. The maximum Gasteiger partial charge on any atom is 0.262 e. The van der Waals surface area contributed by atoms with Gasteiger partial charge in [0.05, 0.1) is 25.8 Å². The SMILES string of the molecule is O=C(COc1c(Cl)cc(Cl)cc1Cl)Nc1c(Cl)cccc1Cl. The van der Waals surface area contributed by atoms with Crippen LogP contribution >= 0.6 is 58.0 Å². The number of halogens is 5. The van der Waals surface area contributed by atoms with Gasteiger partial charge in [0.1, 0.15) is 0 Å². The first-order valence-electron chi connectivity index (χ1n) is 5.89. The van der Waals surface area contributed by atoms with Gasteiger partial charge in [0.2, 0.25) is 0 Å². The minimum absolute atomic E-state index is 0.174. The number of carbonyl (C=O) groups is 1. The third-order valence-electron chi connectivity index (χ3n) is 2.54. The average molecular weight is 399 g/mol. The van der Waals surface area contributed by atoms with Crippen molar-refractivity contribution in [3.63, 3.8) is 0 Å². The highest BCUT2D eigenvalue weighted by molar-refractivity contribution is 6.40. The summed E-state index contributed by atoms with van der Waals surface area (Å²) in [4.78, 5) is 11.9. The number of nitrogens with one attached hydrogen (secondary N) is 1. The standard InChI is InChI=1S/C14H8Cl5NO2/c15-7-4-10(18)14(11(19)5-7)22-6-12(21)20-13-8(16)2-1-3-9(13)17/h1-5H,6H2,(H,20,21). The number of benzene rings is 2.